The Morgan fingerprint density at radius 1 is 1.03 bits per heavy atom. The third-order valence-corrected chi connectivity index (χ3v) is 4.82. The molecule has 2 aromatic heterocycles. The van der Waals surface area contributed by atoms with Gasteiger partial charge in [0.05, 0.1) is 38.4 Å². The van der Waals surface area contributed by atoms with E-state index in [0.29, 0.717) is 40.2 Å². The maximum absolute atomic E-state index is 12.7. The van der Waals surface area contributed by atoms with E-state index in [9.17, 15) is 4.79 Å². The van der Waals surface area contributed by atoms with Crippen LogP contribution in [0.2, 0.25) is 0 Å². The zero-order valence-electron chi connectivity index (χ0n) is 17.0. The summed E-state index contributed by atoms with van der Waals surface area (Å²) in [5.41, 5.74) is 9.83. The molecular weight excluding hydrogens is 384 g/mol. The molecule has 8 heteroatoms. The second-order valence-electron chi connectivity index (χ2n) is 6.67. The lowest BCUT2D eigenvalue weighted by Crippen LogP contribution is -2.10. The number of anilines is 1. The Bertz CT molecular complexity index is 1230. The monoisotopic (exact) mass is 406 g/mol. The first-order valence-electron chi connectivity index (χ1n) is 9.49. The number of methoxy groups -OCH3 is 2. The van der Waals surface area contributed by atoms with Gasteiger partial charge in [-0.15, -0.1) is 0 Å². The predicted molar refractivity (Wildman–Crippen MR) is 114 cm³/mol. The number of fused-ring (bicyclic) bond motifs is 2. The highest BCUT2D eigenvalue weighted by atomic mass is 16.5. The quantitative estimate of drug-likeness (QED) is 0.490. The Hall–Kier alpha value is -3.81. The average Bonchev–Trinajstić information content (AvgIpc) is 3.02. The van der Waals surface area contributed by atoms with E-state index in [1.807, 2.05) is 36.4 Å². The van der Waals surface area contributed by atoms with Crippen molar-refractivity contribution in [1.29, 1.82) is 0 Å². The number of para-hydroxylation sites is 2. The Labute approximate surface area is 173 Å². The Morgan fingerprint density at radius 3 is 2.27 bits per heavy atom. The summed E-state index contributed by atoms with van der Waals surface area (Å²) in [6.45, 7) is 2.33. The van der Waals surface area contributed by atoms with Crippen LogP contribution in [0.3, 0.4) is 0 Å². The first-order valence-corrected chi connectivity index (χ1v) is 9.49. The fourth-order valence-corrected chi connectivity index (χ4v) is 3.42. The fraction of sp³-hybridized carbons (Fsp3) is 0.227. The zero-order valence-corrected chi connectivity index (χ0v) is 17.0. The van der Waals surface area contributed by atoms with Gasteiger partial charge in [-0.05, 0) is 36.8 Å². The number of nitrogens with zero attached hydrogens (tertiary/aromatic N) is 3. The molecule has 2 heterocycles. The van der Waals surface area contributed by atoms with E-state index in [4.69, 9.17) is 24.9 Å². The second kappa shape index (κ2) is 7.90. The van der Waals surface area contributed by atoms with E-state index in [1.165, 1.54) is 0 Å². The molecule has 0 bridgehead atoms. The second-order valence-corrected chi connectivity index (χ2v) is 6.67. The minimum Gasteiger partial charge on any atom is -0.497 e. The van der Waals surface area contributed by atoms with Gasteiger partial charge in [0.25, 0.3) is 0 Å². The molecule has 0 aliphatic carbocycles. The number of carbonyl (C=O) groups is 1. The van der Waals surface area contributed by atoms with Gasteiger partial charge in [0, 0.05) is 6.07 Å². The molecule has 30 heavy (non-hydrogen) atoms. The number of benzene rings is 2. The number of aromatic nitrogens is 3. The zero-order chi connectivity index (χ0) is 21.3. The van der Waals surface area contributed by atoms with Crippen molar-refractivity contribution in [2.75, 3.05) is 26.6 Å². The van der Waals surface area contributed by atoms with Gasteiger partial charge in [0.15, 0.2) is 5.65 Å². The van der Waals surface area contributed by atoms with Crippen LogP contribution in [-0.4, -0.2) is 41.3 Å². The Kier molecular flexibility index (Phi) is 5.14. The highest BCUT2D eigenvalue weighted by Crippen LogP contribution is 2.31. The van der Waals surface area contributed by atoms with Gasteiger partial charge < -0.3 is 24.5 Å². The van der Waals surface area contributed by atoms with Gasteiger partial charge in [-0.25, -0.2) is 14.8 Å². The first-order chi connectivity index (χ1) is 14.5. The van der Waals surface area contributed by atoms with E-state index in [2.05, 4.69) is 4.98 Å². The van der Waals surface area contributed by atoms with Crippen molar-refractivity contribution in [3.05, 3.63) is 53.6 Å². The van der Waals surface area contributed by atoms with Crippen LogP contribution in [0, 0.1) is 0 Å². The van der Waals surface area contributed by atoms with Crippen molar-refractivity contribution < 1.29 is 19.0 Å². The smallest absolute Gasteiger partial charge is 0.344 e. The van der Waals surface area contributed by atoms with Crippen LogP contribution in [0.25, 0.3) is 22.2 Å². The van der Waals surface area contributed by atoms with Crippen LogP contribution >= 0.6 is 0 Å². The molecule has 2 aromatic carbocycles. The van der Waals surface area contributed by atoms with Crippen molar-refractivity contribution in [3.8, 4) is 11.5 Å². The molecule has 0 unspecified atom stereocenters. The Balaban J connectivity index is 1.94. The van der Waals surface area contributed by atoms with Gasteiger partial charge in [-0.3, -0.25) is 0 Å². The van der Waals surface area contributed by atoms with Crippen molar-refractivity contribution in [1.82, 2.24) is 14.5 Å². The van der Waals surface area contributed by atoms with E-state index < -0.39 is 5.97 Å². The van der Waals surface area contributed by atoms with Crippen molar-refractivity contribution >= 4 is 34.0 Å². The van der Waals surface area contributed by atoms with E-state index in [0.717, 1.165) is 5.56 Å². The van der Waals surface area contributed by atoms with Crippen LogP contribution in [0.15, 0.2) is 42.5 Å². The number of hydrogen-bond acceptors (Lipinski definition) is 7. The minimum atomic E-state index is -0.522. The van der Waals surface area contributed by atoms with E-state index in [-0.39, 0.29) is 18.0 Å². The molecule has 0 fully saturated rings. The largest absolute Gasteiger partial charge is 0.497 e. The van der Waals surface area contributed by atoms with Crippen molar-refractivity contribution in [2.45, 2.75) is 13.5 Å². The molecule has 154 valence electrons. The lowest BCUT2D eigenvalue weighted by atomic mass is 10.2. The summed E-state index contributed by atoms with van der Waals surface area (Å²) < 4.78 is 17.7. The number of nitrogens with two attached hydrogens (primary N) is 1. The van der Waals surface area contributed by atoms with Crippen molar-refractivity contribution in [2.24, 2.45) is 0 Å². The summed E-state index contributed by atoms with van der Waals surface area (Å²) in [6, 6.07) is 13.0. The lowest BCUT2D eigenvalue weighted by Gasteiger charge is -2.11. The molecule has 0 amide bonds. The SMILES string of the molecule is CCOC(=O)c1c(N)n(Cc2cc(OC)cc(OC)c2)c2nc3ccccc3nc12. The van der Waals surface area contributed by atoms with Crippen LogP contribution in [0.1, 0.15) is 22.8 Å². The van der Waals surface area contributed by atoms with Crippen molar-refractivity contribution in [3.63, 3.8) is 0 Å². The summed E-state index contributed by atoms with van der Waals surface area (Å²) in [4.78, 5) is 22.1. The van der Waals surface area contributed by atoms with Gasteiger partial charge in [0.1, 0.15) is 28.4 Å². The van der Waals surface area contributed by atoms with E-state index in [1.54, 1.807) is 31.8 Å². The average molecular weight is 406 g/mol. The predicted octanol–water partition coefficient (Wildman–Crippen LogP) is 3.41. The maximum Gasteiger partial charge on any atom is 0.344 e. The molecule has 8 nitrogen and oxygen atoms in total. The molecule has 2 N–H and O–H groups in total. The normalized spacial score (nSPS) is 11.0. The van der Waals surface area contributed by atoms with Crippen LogP contribution in [0.4, 0.5) is 5.82 Å². The Morgan fingerprint density at radius 2 is 1.67 bits per heavy atom. The number of hydrogen-bond donors (Lipinski definition) is 1. The molecule has 0 aliphatic heterocycles. The molecule has 0 atom stereocenters. The van der Waals surface area contributed by atoms with Gasteiger partial charge in [-0.2, -0.15) is 0 Å². The van der Waals surface area contributed by atoms with Crippen LogP contribution in [0.5, 0.6) is 11.5 Å². The molecule has 0 aliphatic rings. The number of nitrogen functional groups attached to an aromatic ring is 1. The highest BCUT2D eigenvalue weighted by Gasteiger charge is 2.25. The summed E-state index contributed by atoms with van der Waals surface area (Å²) in [5.74, 6) is 1.04. The summed E-state index contributed by atoms with van der Waals surface area (Å²) >= 11 is 0. The van der Waals surface area contributed by atoms with Gasteiger partial charge in [0.2, 0.25) is 0 Å². The van der Waals surface area contributed by atoms with Crippen LogP contribution < -0.4 is 15.2 Å². The molecule has 0 radical (unpaired) electrons. The first kappa shape index (κ1) is 19.5. The van der Waals surface area contributed by atoms with Crippen LogP contribution in [-0.2, 0) is 11.3 Å². The van der Waals surface area contributed by atoms with E-state index >= 15 is 0 Å². The molecule has 0 saturated carbocycles. The summed E-state index contributed by atoms with van der Waals surface area (Å²) in [5, 5.41) is 0. The third-order valence-electron chi connectivity index (χ3n) is 4.82. The molecule has 0 spiro atoms. The standard InChI is InChI=1S/C22H22N4O4/c1-4-30-22(27)18-19-21(25-17-8-6-5-7-16(17)24-19)26(20(18)23)12-13-9-14(28-2)11-15(10-13)29-3/h5-11H,4,12,23H2,1-3H3. The summed E-state index contributed by atoms with van der Waals surface area (Å²) in [6.07, 6.45) is 0. The number of ether oxygens (including phenoxy) is 3. The lowest BCUT2D eigenvalue weighted by molar-refractivity contribution is 0.0529. The summed E-state index contributed by atoms with van der Waals surface area (Å²) in [7, 11) is 3.18. The maximum atomic E-state index is 12.7. The third kappa shape index (κ3) is 3.36. The molecule has 4 rings (SSSR count). The van der Waals surface area contributed by atoms with Gasteiger partial charge >= 0.3 is 5.97 Å². The number of rotatable bonds is 6. The highest BCUT2D eigenvalue weighted by molar-refractivity contribution is 6.08. The molecule has 0 saturated heterocycles. The molecular formula is C22H22N4O4. The number of esters is 1. The minimum absolute atomic E-state index is 0.222. The fourth-order valence-electron chi connectivity index (χ4n) is 3.42. The van der Waals surface area contributed by atoms with Gasteiger partial charge in [-0.1, -0.05) is 12.1 Å². The number of carbonyl (C=O) groups excluding carboxylic acids is 1. The molecule has 4 aromatic rings. The topological polar surface area (TPSA) is 101 Å².